The Kier molecular flexibility index (Phi) is 4.58. The van der Waals surface area contributed by atoms with Crippen molar-refractivity contribution in [2.24, 2.45) is 4.74 Å². The zero-order chi connectivity index (χ0) is 13.4. The lowest BCUT2D eigenvalue weighted by molar-refractivity contribution is 0.334. The lowest BCUT2D eigenvalue weighted by Crippen LogP contribution is -2.00. The Morgan fingerprint density at radius 1 is 0.941 bits per heavy atom. The van der Waals surface area contributed by atoms with Gasteiger partial charge in [-0.05, 0) is 33.7 Å². The number of rotatable bonds is 2. The highest BCUT2D eigenvalue weighted by Crippen LogP contribution is 2.67. The van der Waals surface area contributed by atoms with Crippen LogP contribution in [0.3, 0.4) is 0 Å². The summed E-state index contributed by atoms with van der Waals surface area (Å²) in [5.74, 6) is -8.27. The van der Waals surface area contributed by atoms with Crippen molar-refractivity contribution in [3.8, 4) is 5.75 Å². The van der Waals surface area contributed by atoms with Gasteiger partial charge in [0.25, 0.3) is 0 Å². The molecule has 0 atom stereocenters. The predicted octanol–water partition coefficient (Wildman–Crippen LogP) is 5.55. The first kappa shape index (κ1) is 14.9. The molecule has 0 heterocycles. The van der Waals surface area contributed by atoms with Gasteiger partial charge in [0.15, 0.2) is 17.4 Å². The summed E-state index contributed by atoms with van der Waals surface area (Å²) in [6.07, 6.45) is 0. The first-order valence-electron chi connectivity index (χ1n) is 3.80. The van der Waals surface area contributed by atoms with Crippen LogP contribution in [-0.4, -0.2) is 7.11 Å². The molecule has 0 radical (unpaired) electrons. The number of hydrogen-bond acceptors (Lipinski definition) is 2. The second-order valence-corrected chi connectivity index (χ2v) is 9.65. The van der Waals surface area contributed by atoms with Gasteiger partial charge in [0.2, 0.25) is 16.7 Å². The topological polar surface area (TPSA) is 21.6 Å². The van der Waals surface area contributed by atoms with Crippen molar-refractivity contribution in [2.45, 2.75) is 0 Å². The van der Waals surface area contributed by atoms with Crippen molar-refractivity contribution < 1.29 is 22.3 Å². The fourth-order valence-electron chi connectivity index (χ4n) is 0.980. The molecule has 0 N–H and O–H groups in total. The van der Waals surface area contributed by atoms with Crippen molar-refractivity contribution in [3.63, 3.8) is 0 Å². The van der Waals surface area contributed by atoms with Gasteiger partial charge >= 0.3 is 0 Å². The largest absolute Gasteiger partial charge is 0.491 e. The summed E-state index contributed by atoms with van der Waals surface area (Å²) in [4.78, 5) is 0. The molecule has 1 aromatic carbocycles. The number of halogens is 7. The van der Waals surface area contributed by atoms with E-state index in [1.54, 1.807) is 0 Å². The van der Waals surface area contributed by atoms with E-state index in [4.69, 9.17) is 33.7 Å². The number of benzene rings is 1. The van der Waals surface area contributed by atoms with E-state index >= 15 is 0 Å². The van der Waals surface area contributed by atoms with E-state index in [1.807, 2.05) is 0 Å². The maximum Gasteiger partial charge on any atom is 0.229 e. The summed E-state index contributed by atoms with van der Waals surface area (Å²) in [5, 5.41) is -3.57. The fourth-order valence-corrected chi connectivity index (χ4v) is 2.06. The molecular formula is C7H3Cl3F4NOP. The number of ether oxygens (including phenoxy) is 1. The van der Waals surface area contributed by atoms with Crippen molar-refractivity contribution in [1.82, 2.24) is 0 Å². The van der Waals surface area contributed by atoms with E-state index in [2.05, 4.69) is 9.48 Å². The first-order chi connectivity index (χ1) is 7.69. The monoisotopic (exact) mass is 329 g/mol. The highest BCUT2D eigenvalue weighted by Gasteiger charge is 2.27. The van der Waals surface area contributed by atoms with Gasteiger partial charge < -0.3 is 4.74 Å². The summed E-state index contributed by atoms with van der Waals surface area (Å²) >= 11 is 15.8. The highest BCUT2D eigenvalue weighted by molar-refractivity contribution is 8.26. The van der Waals surface area contributed by atoms with Crippen LogP contribution in [0.5, 0.6) is 5.75 Å². The van der Waals surface area contributed by atoms with Crippen molar-refractivity contribution in [3.05, 3.63) is 23.3 Å². The predicted molar refractivity (Wildman–Crippen MR) is 59.4 cm³/mol. The van der Waals surface area contributed by atoms with Crippen LogP contribution >= 0.6 is 38.8 Å². The maximum absolute atomic E-state index is 13.3. The molecule has 0 bridgehead atoms. The van der Waals surface area contributed by atoms with Crippen LogP contribution < -0.4 is 4.74 Å². The molecule has 0 spiro atoms. The lowest BCUT2D eigenvalue weighted by Gasteiger charge is -2.08. The molecule has 1 rings (SSSR count). The van der Waals surface area contributed by atoms with Crippen molar-refractivity contribution >= 4 is 44.5 Å². The van der Waals surface area contributed by atoms with Gasteiger partial charge in [0, 0.05) is 0 Å². The fraction of sp³-hybridized carbons (Fsp3) is 0.143. The van der Waals surface area contributed by atoms with E-state index in [9.17, 15) is 17.6 Å². The molecule has 0 saturated heterocycles. The van der Waals surface area contributed by atoms with Crippen molar-refractivity contribution in [1.29, 1.82) is 0 Å². The van der Waals surface area contributed by atoms with Gasteiger partial charge in [0.1, 0.15) is 5.69 Å². The lowest BCUT2D eigenvalue weighted by atomic mass is 10.2. The van der Waals surface area contributed by atoms with Gasteiger partial charge in [-0.25, -0.2) is 13.5 Å². The molecule has 10 heteroatoms. The Morgan fingerprint density at radius 2 is 1.35 bits per heavy atom. The van der Waals surface area contributed by atoms with Crippen LogP contribution in [0.25, 0.3) is 0 Å². The smallest absolute Gasteiger partial charge is 0.229 e. The summed E-state index contributed by atoms with van der Waals surface area (Å²) in [6.45, 7) is 0. The van der Waals surface area contributed by atoms with Crippen molar-refractivity contribution in [2.75, 3.05) is 7.11 Å². The minimum Gasteiger partial charge on any atom is -0.491 e. The zero-order valence-corrected chi connectivity index (χ0v) is 11.1. The quantitative estimate of drug-likeness (QED) is 0.396. The molecule has 0 saturated carbocycles. The number of methoxy groups -OCH3 is 1. The molecule has 0 aromatic heterocycles. The van der Waals surface area contributed by atoms with Crippen LogP contribution in [0, 0.1) is 23.3 Å². The molecule has 0 unspecified atom stereocenters. The second-order valence-electron chi connectivity index (χ2n) is 2.66. The average Bonchev–Trinajstić information content (AvgIpc) is 2.21. The third-order valence-corrected chi connectivity index (χ3v) is 2.72. The van der Waals surface area contributed by atoms with Crippen LogP contribution in [-0.2, 0) is 0 Å². The van der Waals surface area contributed by atoms with E-state index < -0.39 is 39.8 Å². The van der Waals surface area contributed by atoms with Gasteiger partial charge in [0.05, 0.1) is 7.11 Å². The maximum atomic E-state index is 13.3. The Morgan fingerprint density at radius 3 is 1.65 bits per heavy atom. The Bertz CT molecular complexity index is 481. The third kappa shape index (κ3) is 3.19. The molecule has 96 valence electrons. The zero-order valence-electron chi connectivity index (χ0n) is 7.95. The molecule has 2 nitrogen and oxygen atoms in total. The Balaban J connectivity index is 3.66. The molecule has 0 fully saturated rings. The van der Waals surface area contributed by atoms with Gasteiger partial charge in [-0.3, -0.25) is 0 Å². The van der Waals surface area contributed by atoms with Crippen LogP contribution in [0.4, 0.5) is 23.2 Å². The molecular weight excluding hydrogens is 327 g/mol. The summed E-state index contributed by atoms with van der Waals surface area (Å²) in [7, 11) is 0.846. The van der Waals surface area contributed by atoms with Crippen LogP contribution in [0.15, 0.2) is 4.74 Å². The second kappa shape index (κ2) is 5.22. The standard InChI is InChI=1S/C7H3Cl3F4NOP/c1-16-7-4(13)2(11)6(3(12)5(7)14)15-17(8,9)10/h1H3. The van der Waals surface area contributed by atoms with Gasteiger partial charge in [-0.2, -0.15) is 8.78 Å². The number of nitrogens with zero attached hydrogens (tertiary/aromatic N) is 1. The molecule has 0 aliphatic carbocycles. The van der Waals surface area contributed by atoms with Crippen LogP contribution in [0.2, 0.25) is 0 Å². The molecule has 17 heavy (non-hydrogen) atoms. The molecule has 0 amide bonds. The van der Waals surface area contributed by atoms with E-state index in [0.29, 0.717) is 0 Å². The van der Waals surface area contributed by atoms with E-state index in [0.717, 1.165) is 7.11 Å². The Hall–Kier alpha value is -0.160. The average molecular weight is 330 g/mol. The molecule has 0 aliphatic rings. The molecule has 0 aliphatic heterocycles. The highest BCUT2D eigenvalue weighted by atomic mass is 36.0. The minimum atomic E-state index is -3.57. The summed E-state index contributed by atoms with van der Waals surface area (Å²) in [6, 6.07) is 0. The third-order valence-electron chi connectivity index (χ3n) is 1.62. The van der Waals surface area contributed by atoms with E-state index in [1.165, 1.54) is 0 Å². The van der Waals surface area contributed by atoms with E-state index in [-0.39, 0.29) is 0 Å². The summed E-state index contributed by atoms with van der Waals surface area (Å²) in [5.41, 5.74) is -1.31. The van der Waals surface area contributed by atoms with Crippen LogP contribution in [0.1, 0.15) is 0 Å². The van der Waals surface area contributed by atoms with Gasteiger partial charge in [-0.1, -0.05) is 0 Å². The van der Waals surface area contributed by atoms with Gasteiger partial charge in [-0.15, -0.1) is 0 Å². The SMILES string of the molecule is COc1c(F)c(F)c(N=P(Cl)(Cl)Cl)c(F)c1F. The molecule has 1 aromatic rings. The first-order valence-corrected chi connectivity index (χ1v) is 8.26. The Labute approximate surface area is 108 Å². The number of hydrogen-bond donors (Lipinski definition) is 0. The summed E-state index contributed by atoms with van der Waals surface area (Å²) < 4.78 is 60.2. The normalized spacial score (nSPS) is 11.5. The minimum absolute atomic E-state index is 0.846.